The van der Waals surface area contributed by atoms with E-state index in [1.54, 1.807) is 0 Å². The van der Waals surface area contributed by atoms with Crippen molar-refractivity contribution in [2.45, 2.75) is 33.2 Å². The fourth-order valence-corrected chi connectivity index (χ4v) is 1.80. The van der Waals surface area contributed by atoms with Crippen LogP contribution in [0.3, 0.4) is 0 Å². The van der Waals surface area contributed by atoms with Crippen LogP contribution in [0, 0.1) is 5.92 Å². The Morgan fingerprint density at radius 1 is 1.16 bits per heavy atom. The fourth-order valence-electron chi connectivity index (χ4n) is 1.80. The van der Waals surface area contributed by atoms with Gasteiger partial charge in [-0.3, -0.25) is 0 Å². The number of ether oxygens (including phenoxy) is 2. The van der Waals surface area contributed by atoms with Gasteiger partial charge in [0.1, 0.15) is 5.75 Å². The lowest BCUT2D eigenvalue weighted by molar-refractivity contribution is 0.108. The molecule has 0 heterocycles. The summed E-state index contributed by atoms with van der Waals surface area (Å²) >= 11 is 0. The van der Waals surface area contributed by atoms with Crippen LogP contribution in [0.4, 0.5) is 0 Å². The average molecular weight is 265 g/mol. The Labute approximate surface area is 117 Å². The van der Waals surface area contributed by atoms with E-state index in [-0.39, 0.29) is 0 Å². The monoisotopic (exact) mass is 265 g/mol. The zero-order valence-electron chi connectivity index (χ0n) is 12.4. The predicted molar refractivity (Wildman–Crippen MR) is 79.7 cm³/mol. The summed E-state index contributed by atoms with van der Waals surface area (Å²) in [5.41, 5.74) is 0. The SMILES string of the molecule is CCOCC(NCCCOc1ccccc1)C(C)C. The normalized spacial score (nSPS) is 12.6. The fraction of sp³-hybridized carbons (Fsp3) is 0.625. The van der Waals surface area contributed by atoms with Gasteiger partial charge in [-0.2, -0.15) is 0 Å². The summed E-state index contributed by atoms with van der Waals surface area (Å²) in [6.45, 7) is 9.74. The highest BCUT2D eigenvalue weighted by Gasteiger charge is 2.11. The minimum Gasteiger partial charge on any atom is -0.494 e. The highest BCUT2D eigenvalue weighted by molar-refractivity contribution is 5.20. The van der Waals surface area contributed by atoms with Gasteiger partial charge >= 0.3 is 0 Å². The molecular weight excluding hydrogens is 238 g/mol. The molecule has 1 rings (SSSR count). The zero-order chi connectivity index (χ0) is 13.9. The minimum absolute atomic E-state index is 0.427. The van der Waals surface area contributed by atoms with Crippen LogP contribution in [-0.2, 0) is 4.74 Å². The van der Waals surface area contributed by atoms with Crippen LogP contribution in [0.25, 0.3) is 0 Å². The second-order valence-electron chi connectivity index (χ2n) is 4.98. The molecule has 0 fully saturated rings. The van der Waals surface area contributed by atoms with Crippen LogP contribution in [0.5, 0.6) is 5.75 Å². The number of nitrogens with one attached hydrogen (secondary N) is 1. The molecule has 0 aliphatic carbocycles. The van der Waals surface area contributed by atoms with Gasteiger partial charge in [-0.25, -0.2) is 0 Å². The molecule has 0 aromatic heterocycles. The smallest absolute Gasteiger partial charge is 0.119 e. The van der Waals surface area contributed by atoms with E-state index in [0.29, 0.717) is 12.0 Å². The summed E-state index contributed by atoms with van der Waals surface area (Å²) < 4.78 is 11.1. The summed E-state index contributed by atoms with van der Waals surface area (Å²) in [6.07, 6.45) is 1.00. The first-order valence-electron chi connectivity index (χ1n) is 7.23. The number of para-hydroxylation sites is 1. The third-order valence-electron chi connectivity index (χ3n) is 3.05. The maximum atomic E-state index is 5.66. The number of hydrogen-bond acceptors (Lipinski definition) is 3. The van der Waals surface area contributed by atoms with Gasteiger partial charge in [-0.1, -0.05) is 32.0 Å². The molecule has 108 valence electrons. The van der Waals surface area contributed by atoms with Crippen molar-refractivity contribution in [3.63, 3.8) is 0 Å². The molecule has 1 aromatic carbocycles. The third-order valence-corrected chi connectivity index (χ3v) is 3.05. The van der Waals surface area contributed by atoms with Crippen molar-refractivity contribution in [3.8, 4) is 5.75 Å². The molecule has 0 saturated carbocycles. The van der Waals surface area contributed by atoms with Gasteiger partial charge in [0.25, 0.3) is 0 Å². The van der Waals surface area contributed by atoms with Crippen LogP contribution in [0.2, 0.25) is 0 Å². The molecule has 0 saturated heterocycles. The van der Waals surface area contributed by atoms with E-state index in [0.717, 1.165) is 38.5 Å². The first-order chi connectivity index (χ1) is 9.24. The van der Waals surface area contributed by atoms with E-state index in [4.69, 9.17) is 9.47 Å². The second-order valence-corrected chi connectivity index (χ2v) is 4.98. The minimum atomic E-state index is 0.427. The largest absolute Gasteiger partial charge is 0.494 e. The van der Waals surface area contributed by atoms with Gasteiger partial charge < -0.3 is 14.8 Å². The lowest BCUT2D eigenvalue weighted by Gasteiger charge is -2.22. The molecule has 0 bridgehead atoms. The van der Waals surface area contributed by atoms with Crippen molar-refractivity contribution in [1.82, 2.24) is 5.32 Å². The van der Waals surface area contributed by atoms with Crippen molar-refractivity contribution in [3.05, 3.63) is 30.3 Å². The standard InChI is InChI=1S/C16H27NO2/c1-4-18-13-16(14(2)3)17-11-8-12-19-15-9-6-5-7-10-15/h5-7,9-10,14,16-17H,4,8,11-13H2,1-3H3. The molecular formula is C16H27NO2. The van der Waals surface area contributed by atoms with Crippen molar-refractivity contribution in [1.29, 1.82) is 0 Å². The summed E-state index contributed by atoms with van der Waals surface area (Å²) in [5, 5.41) is 3.54. The van der Waals surface area contributed by atoms with Crippen LogP contribution in [0.15, 0.2) is 30.3 Å². The highest BCUT2D eigenvalue weighted by Crippen LogP contribution is 2.08. The first kappa shape index (κ1) is 16.0. The maximum absolute atomic E-state index is 5.66. The third kappa shape index (κ3) is 7.19. The van der Waals surface area contributed by atoms with Gasteiger partial charge in [0, 0.05) is 12.6 Å². The maximum Gasteiger partial charge on any atom is 0.119 e. The van der Waals surface area contributed by atoms with E-state index in [1.807, 2.05) is 37.3 Å². The van der Waals surface area contributed by atoms with Gasteiger partial charge in [-0.05, 0) is 37.9 Å². The predicted octanol–water partition coefficient (Wildman–Crippen LogP) is 3.11. The molecule has 0 amide bonds. The molecule has 1 atom stereocenters. The van der Waals surface area contributed by atoms with E-state index < -0.39 is 0 Å². The molecule has 0 spiro atoms. The van der Waals surface area contributed by atoms with Crippen LogP contribution in [0.1, 0.15) is 27.2 Å². The Hall–Kier alpha value is -1.06. The highest BCUT2D eigenvalue weighted by atomic mass is 16.5. The average Bonchev–Trinajstić information content (AvgIpc) is 2.42. The van der Waals surface area contributed by atoms with Crippen molar-refractivity contribution in [2.24, 2.45) is 5.92 Å². The Bertz CT molecular complexity index is 314. The molecule has 19 heavy (non-hydrogen) atoms. The number of hydrogen-bond donors (Lipinski definition) is 1. The Kier molecular flexibility index (Phi) is 8.26. The van der Waals surface area contributed by atoms with Gasteiger partial charge in [0.05, 0.1) is 13.2 Å². The number of benzene rings is 1. The van der Waals surface area contributed by atoms with E-state index in [1.165, 1.54) is 0 Å². The van der Waals surface area contributed by atoms with Crippen molar-refractivity contribution < 1.29 is 9.47 Å². The summed E-state index contributed by atoms with van der Waals surface area (Å²) in [6, 6.07) is 10.4. The van der Waals surface area contributed by atoms with Gasteiger partial charge in [0.2, 0.25) is 0 Å². The Morgan fingerprint density at radius 3 is 2.53 bits per heavy atom. The molecule has 0 radical (unpaired) electrons. The van der Waals surface area contributed by atoms with Gasteiger partial charge in [0.15, 0.2) is 0 Å². The lowest BCUT2D eigenvalue weighted by Crippen LogP contribution is -2.38. The van der Waals surface area contributed by atoms with Crippen LogP contribution in [-0.4, -0.2) is 32.4 Å². The summed E-state index contributed by atoms with van der Waals surface area (Å²) in [5.74, 6) is 1.53. The molecule has 1 unspecified atom stereocenters. The van der Waals surface area contributed by atoms with Crippen LogP contribution >= 0.6 is 0 Å². The zero-order valence-corrected chi connectivity index (χ0v) is 12.4. The molecule has 0 aliphatic heterocycles. The van der Waals surface area contributed by atoms with E-state index in [9.17, 15) is 0 Å². The Morgan fingerprint density at radius 2 is 1.89 bits per heavy atom. The topological polar surface area (TPSA) is 30.5 Å². The van der Waals surface area contributed by atoms with Crippen molar-refractivity contribution in [2.75, 3.05) is 26.4 Å². The number of rotatable bonds is 10. The molecule has 1 aromatic rings. The molecule has 3 nitrogen and oxygen atoms in total. The Balaban J connectivity index is 2.11. The lowest BCUT2D eigenvalue weighted by atomic mass is 10.1. The van der Waals surface area contributed by atoms with Gasteiger partial charge in [-0.15, -0.1) is 0 Å². The summed E-state index contributed by atoms with van der Waals surface area (Å²) in [4.78, 5) is 0. The quantitative estimate of drug-likeness (QED) is 0.659. The summed E-state index contributed by atoms with van der Waals surface area (Å²) in [7, 11) is 0. The van der Waals surface area contributed by atoms with E-state index in [2.05, 4.69) is 19.2 Å². The molecule has 0 aliphatic rings. The molecule has 1 N–H and O–H groups in total. The first-order valence-corrected chi connectivity index (χ1v) is 7.23. The van der Waals surface area contributed by atoms with Crippen molar-refractivity contribution >= 4 is 0 Å². The second kappa shape index (κ2) is 9.82. The molecule has 3 heteroatoms. The van der Waals surface area contributed by atoms with Crippen LogP contribution < -0.4 is 10.1 Å². The van der Waals surface area contributed by atoms with E-state index >= 15 is 0 Å².